The number of rotatable bonds is 8. The highest BCUT2D eigenvalue weighted by Gasteiger charge is 2.52. The van der Waals surface area contributed by atoms with Crippen LogP contribution in [0.1, 0.15) is 45.4 Å². The van der Waals surface area contributed by atoms with Crippen molar-refractivity contribution in [3.63, 3.8) is 0 Å². The molecule has 1 aromatic carbocycles. The molecule has 1 atom stereocenters. The number of nitrogens with one attached hydrogen (secondary N) is 2. The van der Waals surface area contributed by atoms with Crippen molar-refractivity contribution in [2.24, 2.45) is 5.92 Å². The number of aromatic nitrogens is 3. The molecule has 3 heterocycles. The van der Waals surface area contributed by atoms with E-state index >= 15 is 0 Å². The summed E-state index contributed by atoms with van der Waals surface area (Å²) in [5.41, 5.74) is 2.46. The Morgan fingerprint density at radius 1 is 1.22 bits per heavy atom. The molecule has 2 saturated heterocycles. The van der Waals surface area contributed by atoms with Crippen LogP contribution in [0.25, 0.3) is 11.4 Å². The van der Waals surface area contributed by atoms with Crippen LogP contribution in [0.3, 0.4) is 0 Å². The topological polar surface area (TPSA) is 128 Å². The van der Waals surface area contributed by atoms with Gasteiger partial charge in [-0.05, 0) is 68.7 Å². The molecule has 3 aliphatic rings. The van der Waals surface area contributed by atoms with E-state index in [-0.39, 0.29) is 17.8 Å². The normalized spacial score (nSPS) is 25.5. The Balaban J connectivity index is 1.26. The maximum absolute atomic E-state index is 13.0. The number of nitrogens with zero attached hydrogens (tertiary/aromatic N) is 4. The maximum atomic E-state index is 13.0. The highest BCUT2D eigenvalue weighted by molar-refractivity contribution is 7.99. The van der Waals surface area contributed by atoms with Crippen molar-refractivity contribution in [3.8, 4) is 17.1 Å². The molecule has 0 unspecified atom stereocenters. The van der Waals surface area contributed by atoms with Crippen molar-refractivity contribution in [2.75, 3.05) is 19.5 Å². The molecule has 0 radical (unpaired) electrons. The summed E-state index contributed by atoms with van der Waals surface area (Å²) in [5, 5.41) is 12.9. The average molecular weight is 529 g/mol. The van der Waals surface area contributed by atoms with Crippen LogP contribution in [0.5, 0.6) is 5.75 Å². The minimum absolute atomic E-state index is 0.0344. The summed E-state index contributed by atoms with van der Waals surface area (Å²) in [5.74, 6) is 1.05. The van der Waals surface area contributed by atoms with E-state index in [9.17, 15) is 14.4 Å². The highest BCUT2D eigenvalue weighted by Crippen LogP contribution is 2.36. The lowest BCUT2D eigenvalue weighted by Crippen LogP contribution is -2.51. The molecule has 2 aliphatic heterocycles. The molecule has 12 heteroatoms. The Morgan fingerprint density at radius 3 is 2.65 bits per heavy atom. The molecule has 198 valence electrons. The third kappa shape index (κ3) is 5.30. The summed E-state index contributed by atoms with van der Waals surface area (Å²) in [4.78, 5) is 38.3. The second kappa shape index (κ2) is 10.7. The van der Waals surface area contributed by atoms with Crippen molar-refractivity contribution in [1.82, 2.24) is 30.5 Å². The number of amides is 4. The number of urea groups is 1. The smallest absolute Gasteiger partial charge is 0.344 e. The first-order chi connectivity index (χ1) is 17.9. The van der Waals surface area contributed by atoms with E-state index in [4.69, 9.17) is 9.47 Å². The van der Waals surface area contributed by atoms with Gasteiger partial charge >= 0.3 is 6.03 Å². The van der Waals surface area contributed by atoms with Crippen LogP contribution in [0.15, 0.2) is 29.4 Å². The molecular formula is C25H32N6O5S. The SMILES string of the molecule is COc1ccc(-c2nnc(SCC(=O)NN3C(=O)NC4(CCC(C)CC4)C3=O)n2C[C@@H]2CCCO2)cc1. The van der Waals surface area contributed by atoms with Crippen LogP contribution >= 0.6 is 11.8 Å². The summed E-state index contributed by atoms with van der Waals surface area (Å²) in [6.45, 7) is 3.43. The Kier molecular flexibility index (Phi) is 7.38. The number of thioether (sulfide) groups is 1. The van der Waals surface area contributed by atoms with Crippen LogP contribution in [-0.2, 0) is 20.9 Å². The molecule has 2 aromatic rings. The minimum atomic E-state index is -0.904. The first kappa shape index (κ1) is 25.5. The first-order valence-electron chi connectivity index (χ1n) is 12.7. The molecule has 5 rings (SSSR count). The van der Waals surface area contributed by atoms with Crippen LogP contribution in [0.2, 0.25) is 0 Å². The van der Waals surface area contributed by atoms with Gasteiger partial charge in [-0.2, -0.15) is 5.01 Å². The second-order valence-corrected chi connectivity index (χ2v) is 10.9. The number of hydrogen-bond acceptors (Lipinski definition) is 8. The fourth-order valence-electron chi connectivity index (χ4n) is 5.11. The van der Waals surface area contributed by atoms with Gasteiger partial charge in [-0.1, -0.05) is 18.7 Å². The summed E-state index contributed by atoms with van der Waals surface area (Å²) in [6.07, 6.45) is 4.88. The molecule has 11 nitrogen and oxygen atoms in total. The first-order valence-corrected chi connectivity index (χ1v) is 13.7. The van der Waals surface area contributed by atoms with Crippen molar-refractivity contribution in [3.05, 3.63) is 24.3 Å². The Bertz CT molecular complexity index is 1150. The molecule has 37 heavy (non-hydrogen) atoms. The lowest BCUT2D eigenvalue weighted by molar-refractivity contribution is -0.139. The van der Waals surface area contributed by atoms with Crippen LogP contribution in [0.4, 0.5) is 4.79 Å². The number of benzene rings is 1. The van der Waals surface area contributed by atoms with E-state index in [1.54, 1.807) is 7.11 Å². The van der Waals surface area contributed by atoms with Crippen LogP contribution in [0, 0.1) is 5.92 Å². The Hall–Kier alpha value is -3.12. The third-order valence-electron chi connectivity index (χ3n) is 7.33. The number of carbonyl (C=O) groups excluding carboxylic acids is 3. The van der Waals surface area contributed by atoms with Gasteiger partial charge in [0, 0.05) is 12.2 Å². The fourth-order valence-corrected chi connectivity index (χ4v) is 5.85. The predicted octanol–water partition coefficient (Wildman–Crippen LogP) is 2.76. The van der Waals surface area contributed by atoms with E-state index in [1.807, 2.05) is 28.8 Å². The number of ether oxygens (including phenoxy) is 2. The summed E-state index contributed by atoms with van der Waals surface area (Å²) in [7, 11) is 1.61. The molecule has 1 spiro atoms. The van der Waals surface area contributed by atoms with Gasteiger partial charge in [0.05, 0.1) is 25.5 Å². The van der Waals surface area contributed by atoms with Crippen molar-refractivity contribution >= 4 is 29.6 Å². The van der Waals surface area contributed by atoms with Gasteiger partial charge in [0.25, 0.3) is 5.91 Å². The minimum Gasteiger partial charge on any atom is -0.497 e. The van der Waals surface area contributed by atoms with E-state index in [2.05, 4.69) is 27.9 Å². The van der Waals surface area contributed by atoms with E-state index in [0.717, 1.165) is 48.6 Å². The highest BCUT2D eigenvalue weighted by atomic mass is 32.2. The Morgan fingerprint density at radius 2 is 1.97 bits per heavy atom. The number of hydrogen-bond donors (Lipinski definition) is 2. The zero-order valence-electron chi connectivity index (χ0n) is 21.1. The van der Waals surface area contributed by atoms with Crippen molar-refractivity contribution in [1.29, 1.82) is 0 Å². The third-order valence-corrected chi connectivity index (χ3v) is 8.30. The number of imide groups is 1. The molecule has 1 aromatic heterocycles. The van der Waals surface area contributed by atoms with Gasteiger partial charge in [-0.25, -0.2) is 4.79 Å². The zero-order valence-corrected chi connectivity index (χ0v) is 21.9. The summed E-state index contributed by atoms with van der Waals surface area (Å²) < 4.78 is 13.1. The number of carbonyl (C=O) groups is 3. The van der Waals surface area contributed by atoms with Crippen molar-refractivity contribution in [2.45, 2.75) is 68.8 Å². The summed E-state index contributed by atoms with van der Waals surface area (Å²) in [6, 6.07) is 6.96. The zero-order chi connectivity index (χ0) is 26.0. The van der Waals surface area contributed by atoms with E-state index < -0.39 is 17.5 Å². The number of hydrazine groups is 1. The van der Waals surface area contributed by atoms with E-state index in [0.29, 0.717) is 36.3 Å². The van der Waals surface area contributed by atoms with E-state index in [1.165, 1.54) is 11.8 Å². The molecule has 3 fully saturated rings. The monoisotopic (exact) mass is 528 g/mol. The van der Waals surface area contributed by atoms with Gasteiger partial charge < -0.3 is 14.8 Å². The lowest BCUT2D eigenvalue weighted by atomic mass is 9.77. The lowest BCUT2D eigenvalue weighted by Gasteiger charge is -2.33. The molecule has 1 saturated carbocycles. The quantitative estimate of drug-likeness (QED) is 0.396. The molecule has 0 bridgehead atoms. The van der Waals surface area contributed by atoms with Gasteiger partial charge in [-0.3, -0.25) is 19.6 Å². The number of methoxy groups -OCH3 is 1. The van der Waals surface area contributed by atoms with Crippen LogP contribution in [-0.4, -0.2) is 68.7 Å². The molecule has 2 N–H and O–H groups in total. The standard InChI is InChI=1S/C25H32N6O5S/c1-16-9-11-25(12-10-16)22(33)31(23(34)26-25)29-20(32)15-37-24-28-27-21(17-5-7-18(35-2)8-6-17)30(24)14-19-4-3-13-36-19/h5-8,16,19H,3-4,9-15H2,1-2H3,(H,26,34)(H,29,32)/t16?,19-,25?/m0/s1. The van der Waals surface area contributed by atoms with Gasteiger partial charge in [0.15, 0.2) is 11.0 Å². The largest absolute Gasteiger partial charge is 0.497 e. The second-order valence-electron chi connectivity index (χ2n) is 9.94. The Labute approximate surface area is 219 Å². The average Bonchev–Trinajstić information content (AvgIpc) is 3.62. The van der Waals surface area contributed by atoms with Gasteiger partial charge in [-0.15, -0.1) is 10.2 Å². The van der Waals surface area contributed by atoms with Gasteiger partial charge in [0.2, 0.25) is 5.91 Å². The molecular weight excluding hydrogens is 496 g/mol. The summed E-state index contributed by atoms with van der Waals surface area (Å²) >= 11 is 1.20. The molecule has 4 amide bonds. The molecule has 1 aliphatic carbocycles. The maximum Gasteiger partial charge on any atom is 0.344 e. The fraction of sp³-hybridized carbons (Fsp3) is 0.560. The predicted molar refractivity (Wildman–Crippen MR) is 136 cm³/mol. The van der Waals surface area contributed by atoms with Crippen LogP contribution < -0.4 is 15.5 Å². The van der Waals surface area contributed by atoms with Crippen molar-refractivity contribution < 1.29 is 23.9 Å². The van der Waals surface area contributed by atoms with Gasteiger partial charge in [0.1, 0.15) is 11.3 Å².